The number of hydrogen-bond acceptors (Lipinski definition) is 2. The summed E-state index contributed by atoms with van der Waals surface area (Å²) in [4.78, 5) is 10.8. The molecule has 0 rings (SSSR count). The molecule has 0 radical (unpaired) electrons. The fourth-order valence-corrected chi connectivity index (χ4v) is 0.543. The van der Waals surface area contributed by atoms with Crippen LogP contribution >= 0.6 is 22.6 Å². The van der Waals surface area contributed by atoms with Gasteiger partial charge in [0.15, 0.2) is 0 Å². The summed E-state index contributed by atoms with van der Waals surface area (Å²) in [5, 5.41) is 0. The predicted molar refractivity (Wildman–Crippen MR) is 49.3 cm³/mol. The molecule has 0 fully saturated rings. The zero-order valence-electron chi connectivity index (χ0n) is 6.56. The van der Waals surface area contributed by atoms with E-state index in [1.165, 1.54) is 0 Å². The van der Waals surface area contributed by atoms with Gasteiger partial charge in [0.2, 0.25) is 0 Å². The molecule has 0 saturated carbocycles. The van der Waals surface area contributed by atoms with E-state index in [0.717, 1.165) is 0 Å². The molecule has 0 saturated heterocycles. The molecular weight excluding hydrogens is 243 g/mol. The molecule has 0 aliphatic rings. The minimum atomic E-state index is -0.116. The summed E-state index contributed by atoms with van der Waals surface area (Å²) in [6.45, 7) is 6.39. The highest BCUT2D eigenvalue weighted by Crippen LogP contribution is 2.02. The molecular formula is C7H13IO2. The molecule has 0 aliphatic heterocycles. The molecule has 3 heteroatoms. The van der Waals surface area contributed by atoms with Crippen LogP contribution in [0.3, 0.4) is 0 Å². The second-order valence-corrected chi connectivity index (χ2v) is 4.51. The molecule has 0 spiro atoms. The largest absolute Gasteiger partial charge is 0.465 e. The summed E-state index contributed by atoms with van der Waals surface area (Å²) in [7, 11) is 0. The second kappa shape index (κ2) is 4.93. The third kappa shape index (κ3) is 5.02. The molecule has 1 atom stereocenters. The molecule has 0 aromatic rings. The topological polar surface area (TPSA) is 26.3 Å². The van der Waals surface area contributed by atoms with Gasteiger partial charge in [0.05, 0.1) is 6.61 Å². The van der Waals surface area contributed by atoms with Crippen molar-refractivity contribution in [3.05, 3.63) is 0 Å². The number of carbonyl (C=O) groups is 1. The van der Waals surface area contributed by atoms with Crippen LogP contribution in [-0.2, 0) is 9.53 Å². The monoisotopic (exact) mass is 256 g/mol. The zero-order valence-corrected chi connectivity index (χ0v) is 8.71. The number of esters is 1. The van der Waals surface area contributed by atoms with Gasteiger partial charge < -0.3 is 4.74 Å². The van der Waals surface area contributed by atoms with Crippen molar-refractivity contribution >= 4 is 28.6 Å². The Morgan fingerprint density at radius 2 is 2.00 bits per heavy atom. The van der Waals surface area contributed by atoms with E-state index in [-0.39, 0.29) is 9.89 Å². The van der Waals surface area contributed by atoms with E-state index in [4.69, 9.17) is 4.74 Å². The van der Waals surface area contributed by atoms with Crippen molar-refractivity contribution in [2.24, 2.45) is 5.92 Å². The summed E-state index contributed by atoms with van der Waals surface area (Å²) in [5.41, 5.74) is 0. The quantitative estimate of drug-likeness (QED) is 0.438. The second-order valence-electron chi connectivity index (χ2n) is 2.64. The molecule has 0 N–H and O–H groups in total. The summed E-state index contributed by atoms with van der Waals surface area (Å²) in [6, 6.07) is 0. The first kappa shape index (κ1) is 10.2. The van der Waals surface area contributed by atoms with Crippen molar-refractivity contribution < 1.29 is 9.53 Å². The number of hydrogen-bond donors (Lipinski definition) is 0. The van der Waals surface area contributed by atoms with E-state index in [1.807, 2.05) is 43.4 Å². The first-order chi connectivity index (χ1) is 4.54. The summed E-state index contributed by atoms with van der Waals surface area (Å²) >= 11 is 2.04. The molecule has 0 bridgehead atoms. The maximum atomic E-state index is 10.8. The lowest BCUT2D eigenvalue weighted by atomic mass is 10.2. The van der Waals surface area contributed by atoms with Gasteiger partial charge >= 0.3 is 5.97 Å². The van der Waals surface area contributed by atoms with Gasteiger partial charge in [-0.05, 0) is 12.8 Å². The Kier molecular flexibility index (Phi) is 5.03. The zero-order chi connectivity index (χ0) is 8.15. The van der Waals surface area contributed by atoms with Crippen molar-refractivity contribution in [1.29, 1.82) is 0 Å². The predicted octanol–water partition coefficient (Wildman–Crippen LogP) is 2.01. The molecule has 1 unspecified atom stereocenters. The van der Waals surface area contributed by atoms with Crippen LogP contribution < -0.4 is 0 Å². The van der Waals surface area contributed by atoms with Crippen LogP contribution in [0.15, 0.2) is 0 Å². The van der Waals surface area contributed by atoms with E-state index >= 15 is 0 Å². The molecule has 0 aromatic heterocycles. The van der Waals surface area contributed by atoms with Gasteiger partial charge in [0.25, 0.3) is 0 Å². The summed E-state index contributed by atoms with van der Waals surface area (Å²) in [6.07, 6.45) is 0. The Balaban J connectivity index is 3.40. The third-order valence-electron chi connectivity index (χ3n) is 0.884. The molecule has 2 nitrogen and oxygen atoms in total. The lowest BCUT2D eigenvalue weighted by Gasteiger charge is -2.07. The lowest BCUT2D eigenvalue weighted by Crippen LogP contribution is -2.16. The first-order valence-electron chi connectivity index (χ1n) is 3.34. The molecule has 0 amide bonds. The van der Waals surface area contributed by atoms with Crippen LogP contribution in [0.1, 0.15) is 20.8 Å². The number of rotatable bonds is 3. The van der Waals surface area contributed by atoms with Crippen LogP contribution in [0, 0.1) is 5.92 Å². The van der Waals surface area contributed by atoms with Gasteiger partial charge in [-0.2, -0.15) is 0 Å². The maximum absolute atomic E-state index is 10.8. The SMILES string of the molecule is CC(C)COC(=O)C(C)I. The van der Waals surface area contributed by atoms with E-state index in [9.17, 15) is 4.79 Å². The van der Waals surface area contributed by atoms with Crippen LogP contribution in [0.2, 0.25) is 0 Å². The molecule has 10 heavy (non-hydrogen) atoms. The highest BCUT2D eigenvalue weighted by molar-refractivity contribution is 14.1. The van der Waals surface area contributed by atoms with E-state index in [2.05, 4.69) is 0 Å². The fraction of sp³-hybridized carbons (Fsp3) is 0.857. The van der Waals surface area contributed by atoms with Crippen LogP contribution in [0.4, 0.5) is 0 Å². The number of alkyl halides is 1. The Bertz CT molecular complexity index is 110. The van der Waals surface area contributed by atoms with E-state index in [0.29, 0.717) is 12.5 Å². The Hall–Kier alpha value is 0.200. The number of ether oxygens (including phenoxy) is 1. The van der Waals surface area contributed by atoms with E-state index < -0.39 is 0 Å². The van der Waals surface area contributed by atoms with Crippen LogP contribution in [0.25, 0.3) is 0 Å². The van der Waals surface area contributed by atoms with Crippen molar-refractivity contribution in [3.8, 4) is 0 Å². The molecule has 60 valence electrons. The number of halogens is 1. The average molecular weight is 256 g/mol. The fourth-order valence-electron chi connectivity index (χ4n) is 0.364. The van der Waals surface area contributed by atoms with Gasteiger partial charge in [0.1, 0.15) is 3.92 Å². The summed E-state index contributed by atoms with van der Waals surface area (Å²) in [5.74, 6) is 0.313. The average Bonchev–Trinajstić information content (AvgIpc) is 1.82. The lowest BCUT2D eigenvalue weighted by molar-refractivity contribution is -0.143. The third-order valence-corrected chi connectivity index (χ3v) is 1.39. The Morgan fingerprint density at radius 1 is 1.50 bits per heavy atom. The molecule has 0 aliphatic carbocycles. The molecule has 0 heterocycles. The van der Waals surface area contributed by atoms with Gasteiger partial charge in [-0.15, -0.1) is 0 Å². The Labute approximate surface area is 75.5 Å². The standard InChI is InChI=1S/C7H13IO2/c1-5(2)4-10-7(9)6(3)8/h5-6H,4H2,1-3H3. The van der Waals surface area contributed by atoms with Crippen molar-refractivity contribution in [3.63, 3.8) is 0 Å². The minimum absolute atomic E-state index is 0.0312. The number of carbonyl (C=O) groups excluding carboxylic acids is 1. The minimum Gasteiger partial charge on any atom is -0.465 e. The van der Waals surface area contributed by atoms with Crippen molar-refractivity contribution in [2.45, 2.75) is 24.7 Å². The van der Waals surface area contributed by atoms with Crippen LogP contribution in [0.5, 0.6) is 0 Å². The Morgan fingerprint density at radius 3 is 2.30 bits per heavy atom. The van der Waals surface area contributed by atoms with Gasteiger partial charge in [-0.25, -0.2) is 0 Å². The first-order valence-corrected chi connectivity index (χ1v) is 4.59. The highest BCUT2D eigenvalue weighted by Gasteiger charge is 2.09. The van der Waals surface area contributed by atoms with E-state index in [1.54, 1.807) is 0 Å². The summed E-state index contributed by atoms with van der Waals surface area (Å²) < 4.78 is 4.89. The normalized spacial score (nSPS) is 13.3. The van der Waals surface area contributed by atoms with Gasteiger partial charge in [-0.3, -0.25) is 4.79 Å². The van der Waals surface area contributed by atoms with Crippen LogP contribution in [-0.4, -0.2) is 16.5 Å². The highest BCUT2D eigenvalue weighted by atomic mass is 127. The van der Waals surface area contributed by atoms with Crippen molar-refractivity contribution in [2.75, 3.05) is 6.61 Å². The van der Waals surface area contributed by atoms with Crippen molar-refractivity contribution in [1.82, 2.24) is 0 Å². The maximum Gasteiger partial charge on any atom is 0.318 e. The molecule has 0 aromatic carbocycles. The van der Waals surface area contributed by atoms with Gasteiger partial charge in [0, 0.05) is 0 Å². The smallest absolute Gasteiger partial charge is 0.318 e. The van der Waals surface area contributed by atoms with Gasteiger partial charge in [-0.1, -0.05) is 36.4 Å².